The molecule has 0 fully saturated rings. The van der Waals surface area contributed by atoms with Gasteiger partial charge in [0.05, 0.1) is 11.4 Å². The van der Waals surface area contributed by atoms with E-state index in [0.29, 0.717) is 16.9 Å². The number of aliphatic carboxylic acids is 1. The van der Waals surface area contributed by atoms with Crippen LogP contribution in [0.5, 0.6) is 17.2 Å². The number of carbonyl (C=O) groups excluding carboxylic acids is 1. The lowest BCUT2D eigenvalue weighted by molar-refractivity contribution is -0.307. The molecular formula is C18H13O6-. The van der Waals surface area contributed by atoms with Crippen molar-refractivity contribution in [1.82, 2.24) is 0 Å². The van der Waals surface area contributed by atoms with E-state index in [-0.39, 0.29) is 22.5 Å². The van der Waals surface area contributed by atoms with Gasteiger partial charge in [-0.2, -0.15) is 0 Å². The lowest BCUT2D eigenvalue weighted by Gasteiger charge is -2.10. The zero-order valence-corrected chi connectivity index (χ0v) is 12.8. The fraction of sp³-hybridized carbons (Fsp3) is 0.111. The Morgan fingerprint density at radius 1 is 1.12 bits per heavy atom. The van der Waals surface area contributed by atoms with E-state index in [9.17, 15) is 14.7 Å². The van der Waals surface area contributed by atoms with Gasteiger partial charge in [0, 0.05) is 6.07 Å². The molecule has 0 aliphatic carbocycles. The van der Waals surface area contributed by atoms with Crippen LogP contribution in [0.3, 0.4) is 0 Å². The van der Waals surface area contributed by atoms with Crippen LogP contribution in [0.4, 0.5) is 0 Å². The molecule has 1 aromatic heterocycles. The number of hydrogen-bond donors (Lipinski definition) is 0. The molecule has 0 saturated heterocycles. The quantitative estimate of drug-likeness (QED) is 0.713. The zero-order chi connectivity index (χ0) is 17.1. The molecule has 0 atom stereocenters. The molecule has 0 aliphatic heterocycles. The first kappa shape index (κ1) is 15.6. The lowest BCUT2D eigenvalue weighted by Crippen LogP contribution is -2.28. The number of aryl methyl sites for hydroxylation is 1. The average Bonchev–Trinajstić information content (AvgIpc) is 2.57. The van der Waals surface area contributed by atoms with Crippen LogP contribution in [0.1, 0.15) is 5.76 Å². The van der Waals surface area contributed by atoms with Gasteiger partial charge in [-0.05, 0) is 31.2 Å². The molecule has 122 valence electrons. The molecule has 6 heteroatoms. The summed E-state index contributed by atoms with van der Waals surface area (Å²) in [5.41, 5.74) is -0.0298. The van der Waals surface area contributed by atoms with Crippen molar-refractivity contribution in [3.8, 4) is 17.2 Å². The minimum absolute atomic E-state index is 0.108. The van der Waals surface area contributed by atoms with E-state index in [2.05, 4.69) is 0 Å². The Morgan fingerprint density at radius 2 is 1.88 bits per heavy atom. The molecule has 0 aliphatic rings. The summed E-state index contributed by atoms with van der Waals surface area (Å²) in [6, 6.07) is 13.4. The number of carbonyl (C=O) groups is 1. The lowest BCUT2D eigenvalue weighted by atomic mass is 10.2. The predicted molar refractivity (Wildman–Crippen MR) is 84.2 cm³/mol. The van der Waals surface area contributed by atoms with Gasteiger partial charge in [0.25, 0.3) is 0 Å². The summed E-state index contributed by atoms with van der Waals surface area (Å²) in [6.45, 7) is 1.04. The monoisotopic (exact) mass is 325 g/mol. The SMILES string of the molecule is Cc1oc2cc(OCC(=O)[O-])ccc2c(=O)c1Oc1ccccc1. The number of carboxylic acids is 1. The van der Waals surface area contributed by atoms with Crippen LogP contribution in [0.25, 0.3) is 11.0 Å². The summed E-state index contributed by atoms with van der Waals surface area (Å²) in [6.07, 6.45) is 0. The average molecular weight is 325 g/mol. The third kappa shape index (κ3) is 3.22. The smallest absolute Gasteiger partial charge is 0.235 e. The van der Waals surface area contributed by atoms with Crippen molar-refractivity contribution in [3.05, 3.63) is 64.5 Å². The molecule has 3 aromatic rings. The van der Waals surface area contributed by atoms with E-state index in [1.807, 2.05) is 6.07 Å². The van der Waals surface area contributed by atoms with E-state index in [0.717, 1.165) is 0 Å². The van der Waals surface area contributed by atoms with Crippen LogP contribution in [0, 0.1) is 6.92 Å². The summed E-state index contributed by atoms with van der Waals surface area (Å²) < 4.78 is 16.3. The predicted octanol–water partition coefficient (Wildman–Crippen LogP) is 2.02. The Labute approximate surface area is 136 Å². The maximum absolute atomic E-state index is 12.6. The van der Waals surface area contributed by atoms with Gasteiger partial charge in [0.15, 0.2) is 0 Å². The second-order valence-electron chi connectivity index (χ2n) is 5.05. The fourth-order valence-corrected chi connectivity index (χ4v) is 2.22. The molecule has 0 amide bonds. The Hall–Kier alpha value is -3.28. The highest BCUT2D eigenvalue weighted by atomic mass is 16.5. The van der Waals surface area contributed by atoms with Crippen molar-refractivity contribution in [3.63, 3.8) is 0 Å². The van der Waals surface area contributed by atoms with E-state index < -0.39 is 12.6 Å². The van der Waals surface area contributed by atoms with Crippen molar-refractivity contribution in [1.29, 1.82) is 0 Å². The first-order valence-corrected chi connectivity index (χ1v) is 7.17. The van der Waals surface area contributed by atoms with Crippen molar-refractivity contribution >= 4 is 16.9 Å². The normalized spacial score (nSPS) is 10.5. The maximum atomic E-state index is 12.6. The van der Waals surface area contributed by atoms with Gasteiger partial charge in [-0.1, -0.05) is 18.2 Å². The van der Waals surface area contributed by atoms with Gasteiger partial charge in [0.1, 0.15) is 29.4 Å². The summed E-state index contributed by atoms with van der Waals surface area (Å²) in [5, 5.41) is 10.7. The highest BCUT2D eigenvalue weighted by Gasteiger charge is 2.14. The maximum Gasteiger partial charge on any atom is 0.235 e. The number of rotatable bonds is 5. The molecule has 0 bridgehead atoms. The van der Waals surface area contributed by atoms with Gasteiger partial charge in [0.2, 0.25) is 11.2 Å². The minimum Gasteiger partial charge on any atom is -0.546 e. The molecule has 0 radical (unpaired) electrons. The molecule has 24 heavy (non-hydrogen) atoms. The molecule has 6 nitrogen and oxygen atoms in total. The molecule has 0 N–H and O–H groups in total. The van der Waals surface area contributed by atoms with E-state index in [1.54, 1.807) is 31.2 Å². The third-order valence-corrected chi connectivity index (χ3v) is 3.31. The largest absolute Gasteiger partial charge is 0.546 e. The summed E-state index contributed by atoms with van der Waals surface area (Å²) in [7, 11) is 0. The summed E-state index contributed by atoms with van der Waals surface area (Å²) >= 11 is 0. The number of fused-ring (bicyclic) bond motifs is 1. The van der Waals surface area contributed by atoms with E-state index in [4.69, 9.17) is 13.9 Å². The van der Waals surface area contributed by atoms with E-state index in [1.165, 1.54) is 18.2 Å². The molecule has 0 unspecified atom stereocenters. The van der Waals surface area contributed by atoms with Gasteiger partial charge >= 0.3 is 0 Å². The summed E-state index contributed by atoms with van der Waals surface area (Å²) in [4.78, 5) is 23.0. The minimum atomic E-state index is -1.33. The number of benzene rings is 2. The number of para-hydroxylation sites is 1. The van der Waals surface area contributed by atoms with Gasteiger partial charge in [-0.3, -0.25) is 4.79 Å². The molecule has 0 saturated carbocycles. The Bertz CT molecular complexity index is 943. The number of carboxylic acid groups (broad SMARTS) is 1. The standard InChI is InChI=1S/C18H14O6/c1-11-18(24-12-5-3-2-4-6-12)17(21)14-8-7-13(9-15(14)23-11)22-10-16(19)20/h2-9H,10H2,1H3,(H,19,20)/p-1. The molecule has 0 spiro atoms. The Morgan fingerprint density at radius 3 is 2.58 bits per heavy atom. The van der Waals surface area contributed by atoms with Crippen molar-refractivity contribution in [2.24, 2.45) is 0 Å². The highest BCUT2D eigenvalue weighted by molar-refractivity contribution is 5.79. The number of hydrogen-bond acceptors (Lipinski definition) is 6. The molecule has 3 rings (SSSR count). The van der Waals surface area contributed by atoms with Crippen molar-refractivity contribution in [2.75, 3.05) is 6.61 Å². The van der Waals surface area contributed by atoms with Crippen LogP contribution in [0.15, 0.2) is 57.7 Å². The molecule has 2 aromatic carbocycles. The fourth-order valence-electron chi connectivity index (χ4n) is 2.22. The highest BCUT2D eigenvalue weighted by Crippen LogP contribution is 2.27. The third-order valence-electron chi connectivity index (χ3n) is 3.31. The second kappa shape index (κ2) is 6.45. The van der Waals surface area contributed by atoms with Gasteiger partial charge < -0.3 is 23.8 Å². The molecule has 1 heterocycles. The van der Waals surface area contributed by atoms with Crippen LogP contribution >= 0.6 is 0 Å². The Kier molecular flexibility index (Phi) is 4.20. The first-order chi connectivity index (χ1) is 11.5. The second-order valence-corrected chi connectivity index (χ2v) is 5.05. The number of ether oxygens (including phenoxy) is 2. The van der Waals surface area contributed by atoms with Crippen LogP contribution in [-0.2, 0) is 4.79 Å². The van der Waals surface area contributed by atoms with Crippen LogP contribution in [-0.4, -0.2) is 12.6 Å². The van der Waals surface area contributed by atoms with Crippen molar-refractivity contribution < 1.29 is 23.8 Å². The van der Waals surface area contributed by atoms with Crippen molar-refractivity contribution in [2.45, 2.75) is 6.92 Å². The topological polar surface area (TPSA) is 88.8 Å². The first-order valence-electron chi connectivity index (χ1n) is 7.17. The Balaban J connectivity index is 2.00. The van der Waals surface area contributed by atoms with E-state index >= 15 is 0 Å². The van der Waals surface area contributed by atoms with Crippen LogP contribution < -0.4 is 20.0 Å². The van der Waals surface area contributed by atoms with Gasteiger partial charge in [-0.15, -0.1) is 0 Å². The van der Waals surface area contributed by atoms with Crippen LogP contribution in [0.2, 0.25) is 0 Å². The molecular weight excluding hydrogens is 312 g/mol. The van der Waals surface area contributed by atoms with Gasteiger partial charge in [-0.25, -0.2) is 0 Å². The zero-order valence-electron chi connectivity index (χ0n) is 12.8. The summed E-state index contributed by atoms with van der Waals surface area (Å²) in [5.74, 6) is -0.114.